The normalized spacial score (nSPS) is 12.2. The van der Waals surface area contributed by atoms with E-state index in [1.165, 1.54) is 16.7 Å². The second kappa shape index (κ2) is 16.8. The SMILES string of the molecule is N#Cc1cccc(CN[C@H](Cc2ccccc2)C[C@@H](CCc2ccccc2)NCc2cccc(OCc3ccccc3)c2)c1. The Kier molecular flexibility index (Phi) is 11.8. The first-order chi connectivity index (χ1) is 21.7. The molecule has 0 spiro atoms. The summed E-state index contributed by atoms with van der Waals surface area (Å²) in [6, 6.07) is 50.9. The second-order valence-electron chi connectivity index (χ2n) is 11.3. The molecule has 4 heteroatoms. The fourth-order valence-electron chi connectivity index (χ4n) is 5.53. The van der Waals surface area contributed by atoms with Crippen molar-refractivity contribution in [2.24, 2.45) is 0 Å². The van der Waals surface area contributed by atoms with Gasteiger partial charge in [0.25, 0.3) is 0 Å². The summed E-state index contributed by atoms with van der Waals surface area (Å²) >= 11 is 0. The van der Waals surface area contributed by atoms with Crippen molar-refractivity contribution in [3.63, 3.8) is 0 Å². The van der Waals surface area contributed by atoms with E-state index in [-0.39, 0.29) is 6.04 Å². The predicted octanol–water partition coefficient (Wildman–Crippen LogP) is 8.02. The lowest BCUT2D eigenvalue weighted by Gasteiger charge is -2.26. The number of rotatable bonds is 16. The zero-order chi connectivity index (χ0) is 30.2. The van der Waals surface area contributed by atoms with Gasteiger partial charge in [-0.25, -0.2) is 0 Å². The number of ether oxygens (including phenoxy) is 1. The number of aryl methyl sites for hydroxylation is 1. The van der Waals surface area contributed by atoms with E-state index < -0.39 is 0 Å². The molecule has 0 radical (unpaired) electrons. The first kappa shape index (κ1) is 30.8. The van der Waals surface area contributed by atoms with Gasteiger partial charge in [0.2, 0.25) is 0 Å². The first-order valence-electron chi connectivity index (χ1n) is 15.5. The molecule has 0 aromatic heterocycles. The quantitative estimate of drug-likeness (QED) is 0.124. The molecule has 2 atom stereocenters. The lowest BCUT2D eigenvalue weighted by molar-refractivity contribution is 0.305. The van der Waals surface area contributed by atoms with Crippen molar-refractivity contribution >= 4 is 0 Å². The van der Waals surface area contributed by atoms with Crippen molar-refractivity contribution < 1.29 is 4.74 Å². The van der Waals surface area contributed by atoms with Crippen molar-refractivity contribution in [3.8, 4) is 11.8 Å². The molecule has 5 aromatic carbocycles. The lowest BCUT2D eigenvalue weighted by Crippen LogP contribution is -2.39. The molecule has 0 aliphatic heterocycles. The van der Waals surface area contributed by atoms with Gasteiger partial charge in [0.1, 0.15) is 12.4 Å². The van der Waals surface area contributed by atoms with Crippen LogP contribution < -0.4 is 15.4 Å². The van der Waals surface area contributed by atoms with Crippen LogP contribution in [0.1, 0.15) is 46.2 Å². The Bertz CT molecular complexity index is 1580. The van der Waals surface area contributed by atoms with E-state index in [0.717, 1.165) is 55.6 Å². The van der Waals surface area contributed by atoms with Gasteiger partial charge < -0.3 is 15.4 Å². The van der Waals surface area contributed by atoms with E-state index in [2.05, 4.69) is 114 Å². The topological polar surface area (TPSA) is 57.1 Å². The smallest absolute Gasteiger partial charge is 0.120 e. The van der Waals surface area contributed by atoms with Crippen LogP contribution in [0.4, 0.5) is 0 Å². The summed E-state index contributed by atoms with van der Waals surface area (Å²) in [6.45, 7) is 2.05. The minimum absolute atomic E-state index is 0.261. The van der Waals surface area contributed by atoms with E-state index in [1.54, 1.807) is 0 Å². The number of hydrogen-bond donors (Lipinski definition) is 2. The molecule has 2 N–H and O–H groups in total. The van der Waals surface area contributed by atoms with Crippen molar-refractivity contribution in [1.29, 1.82) is 5.26 Å². The fourth-order valence-corrected chi connectivity index (χ4v) is 5.53. The Hall–Kier alpha value is -4.69. The van der Waals surface area contributed by atoms with Gasteiger partial charge in [-0.05, 0) is 77.8 Å². The summed E-state index contributed by atoms with van der Waals surface area (Å²) in [4.78, 5) is 0. The van der Waals surface area contributed by atoms with Crippen LogP contribution in [-0.4, -0.2) is 12.1 Å². The number of hydrogen-bond acceptors (Lipinski definition) is 4. The first-order valence-corrected chi connectivity index (χ1v) is 15.5. The number of nitriles is 1. The molecule has 0 fully saturated rings. The Labute approximate surface area is 262 Å². The zero-order valence-electron chi connectivity index (χ0n) is 25.2. The summed E-state index contributed by atoms with van der Waals surface area (Å²) in [6.07, 6.45) is 3.96. The largest absolute Gasteiger partial charge is 0.489 e. The molecule has 0 saturated carbocycles. The Morgan fingerprint density at radius 2 is 1.14 bits per heavy atom. The van der Waals surface area contributed by atoms with Crippen LogP contribution in [0.5, 0.6) is 5.75 Å². The van der Waals surface area contributed by atoms with Crippen LogP contribution in [0.15, 0.2) is 140 Å². The zero-order valence-corrected chi connectivity index (χ0v) is 25.2. The van der Waals surface area contributed by atoms with E-state index in [4.69, 9.17) is 4.74 Å². The third-order valence-electron chi connectivity index (χ3n) is 7.91. The molecule has 0 heterocycles. The third-order valence-corrected chi connectivity index (χ3v) is 7.91. The maximum absolute atomic E-state index is 9.37. The highest BCUT2D eigenvalue weighted by molar-refractivity contribution is 5.33. The van der Waals surface area contributed by atoms with Crippen molar-refractivity contribution in [3.05, 3.63) is 173 Å². The Morgan fingerprint density at radius 3 is 1.82 bits per heavy atom. The van der Waals surface area contributed by atoms with Crippen molar-refractivity contribution in [2.45, 2.75) is 57.5 Å². The van der Waals surface area contributed by atoms with Gasteiger partial charge in [0.15, 0.2) is 0 Å². The molecule has 5 aromatic rings. The van der Waals surface area contributed by atoms with Crippen LogP contribution in [0.25, 0.3) is 0 Å². The molecule has 0 amide bonds. The van der Waals surface area contributed by atoms with Gasteiger partial charge in [0.05, 0.1) is 11.6 Å². The summed E-state index contributed by atoms with van der Waals surface area (Å²) in [7, 11) is 0. The number of benzene rings is 5. The van der Waals surface area contributed by atoms with Gasteiger partial charge in [0, 0.05) is 25.2 Å². The van der Waals surface area contributed by atoms with Crippen LogP contribution in [0, 0.1) is 11.3 Å². The molecular formula is C40H41N3O. The van der Waals surface area contributed by atoms with E-state index >= 15 is 0 Å². The van der Waals surface area contributed by atoms with Crippen LogP contribution in [-0.2, 0) is 32.5 Å². The molecule has 44 heavy (non-hydrogen) atoms. The highest BCUT2D eigenvalue weighted by Gasteiger charge is 2.18. The summed E-state index contributed by atoms with van der Waals surface area (Å²) in [5.41, 5.74) is 6.87. The van der Waals surface area contributed by atoms with Crippen LogP contribution in [0.2, 0.25) is 0 Å². The number of nitrogens with one attached hydrogen (secondary N) is 2. The molecule has 222 valence electrons. The minimum Gasteiger partial charge on any atom is -0.489 e. The molecule has 0 aliphatic carbocycles. The lowest BCUT2D eigenvalue weighted by atomic mass is 9.95. The highest BCUT2D eigenvalue weighted by atomic mass is 16.5. The Balaban J connectivity index is 1.27. The van der Waals surface area contributed by atoms with Crippen molar-refractivity contribution in [2.75, 3.05) is 0 Å². The maximum Gasteiger partial charge on any atom is 0.120 e. The van der Waals surface area contributed by atoms with E-state index in [0.29, 0.717) is 18.2 Å². The van der Waals surface area contributed by atoms with Gasteiger partial charge >= 0.3 is 0 Å². The third kappa shape index (κ3) is 10.2. The maximum atomic E-state index is 9.37. The Morgan fingerprint density at radius 1 is 0.568 bits per heavy atom. The summed E-state index contributed by atoms with van der Waals surface area (Å²) in [5.74, 6) is 0.886. The average molecular weight is 580 g/mol. The van der Waals surface area contributed by atoms with Gasteiger partial charge in [-0.15, -0.1) is 0 Å². The molecular weight excluding hydrogens is 538 g/mol. The monoisotopic (exact) mass is 579 g/mol. The second-order valence-corrected chi connectivity index (χ2v) is 11.3. The van der Waals surface area contributed by atoms with Crippen molar-refractivity contribution in [1.82, 2.24) is 10.6 Å². The summed E-state index contributed by atoms with van der Waals surface area (Å²) < 4.78 is 6.11. The number of nitrogens with zero attached hydrogens (tertiary/aromatic N) is 1. The van der Waals surface area contributed by atoms with E-state index in [9.17, 15) is 5.26 Å². The fraction of sp³-hybridized carbons (Fsp3) is 0.225. The molecule has 0 bridgehead atoms. The minimum atomic E-state index is 0.261. The van der Waals surface area contributed by atoms with Gasteiger partial charge in [-0.3, -0.25) is 0 Å². The van der Waals surface area contributed by atoms with Crippen LogP contribution in [0.3, 0.4) is 0 Å². The van der Waals surface area contributed by atoms with Crippen LogP contribution >= 0.6 is 0 Å². The molecule has 0 aliphatic rings. The van der Waals surface area contributed by atoms with Gasteiger partial charge in [-0.1, -0.05) is 115 Å². The molecule has 4 nitrogen and oxygen atoms in total. The molecule has 0 saturated heterocycles. The predicted molar refractivity (Wildman–Crippen MR) is 179 cm³/mol. The average Bonchev–Trinajstić information content (AvgIpc) is 3.09. The highest BCUT2D eigenvalue weighted by Crippen LogP contribution is 2.18. The van der Waals surface area contributed by atoms with E-state index in [1.807, 2.05) is 42.5 Å². The molecule has 0 unspecified atom stereocenters. The van der Waals surface area contributed by atoms with Gasteiger partial charge in [-0.2, -0.15) is 5.26 Å². The standard InChI is InChI=1S/C40H41N3O/c41-28-35-18-10-19-36(24-35)29-43-39(25-33-14-6-2-7-15-33)27-38(23-22-32-12-4-1-5-13-32)42-30-37-20-11-21-40(26-37)44-31-34-16-8-3-9-17-34/h1-21,24,26,38-39,42-43H,22-23,25,27,29-31H2/t38-,39-/m1/s1. The summed E-state index contributed by atoms with van der Waals surface area (Å²) in [5, 5.41) is 17.1. The molecule has 5 rings (SSSR count).